The molecule has 0 unspecified atom stereocenters. The molecule has 12 nitrogen and oxygen atoms in total. The normalized spacial score (nSPS) is 16.5. The van der Waals surface area contributed by atoms with E-state index in [0.29, 0.717) is 39.3 Å². The highest BCUT2D eigenvalue weighted by atomic mass is 35.5. The molecule has 0 spiro atoms. The Kier molecular flexibility index (Phi) is 21.3. The summed E-state index contributed by atoms with van der Waals surface area (Å²) in [6, 6.07) is 15.5. The predicted octanol–water partition coefficient (Wildman–Crippen LogP) is 5.48. The lowest BCUT2D eigenvalue weighted by Crippen LogP contribution is -2.51. The third kappa shape index (κ3) is 18.9. The third-order valence-corrected chi connectivity index (χ3v) is 8.48. The number of carbonyl (C=O) groups is 4. The Hall–Kier alpha value is -3.26. The van der Waals surface area contributed by atoms with Gasteiger partial charge in [0.2, 0.25) is 0 Å². The van der Waals surface area contributed by atoms with Crippen LogP contribution in [0.2, 0.25) is 0 Å². The highest BCUT2D eigenvalue weighted by molar-refractivity contribution is 5.98. The molecule has 0 bridgehead atoms. The van der Waals surface area contributed by atoms with Crippen LogP contribution in [0.4, 0.5) is 9.59 Å². The first-order chi connectivity index (χ1) is 24.5. The Labute approximate surface area is 335 Å². The maximum absolute atomic E-state index is 12.3. The first-order valence-corrected chi connectivity index (χ1v) is 18.5. The number of amides is 2. The SMILES string of the molecule is CC(C)(C)OC(=O)N1CCNCC1.Cc1ccc(C(=O)CN2CCN(C(=O)OC(C)(C)C)CC2)cc1.Cc1ccc(C(=O)CN2CCNCC2)cc1.Cl.Cl. The Morgan fingerprint density at radius 2 is 0.833 bits per heavy atom. The van der Waals surface area contributed by atoms with Crippen molar-refractivity contribution in [1.29, 1.82) is 0 Å². The zero-order chi connectivity index (χ0) is 38.3. The average molecular weight is 796 g/mol. The molecule has 54 heavy (non-hydrogen) atoms. The smallest absolute Gasteiger partial charge is 0.410 e. The predicted molar refractivity (Wildman–Crippen MR) is 220 cm³/mol. The van der Waals surface area contributed by atoms with Crippen LogP contribution in [0.5, 0.6) is 0 Å². The molecule has 3 fully saturated rings. The number of piperazine rings is 3. The largest absolute Gasteiger partial charge is 0.444 e. The molecule has 14 heteroatoms. The van der Waals surface area contributed by atoms with E-state index in [1.54, 1.807) is 9.80 Å². The van der Waals surface area contributed by atoms with Gasteiger partial charge in [-0.3, -0.25) is 19.4 Å². The number of ketones is 2. The van der Waals surface area contributed by atoms with E-state index in [0.717, 1.165) is 69.0 Å². The maximum atomic E-state index is 12.3. The van der Waals surface area contributed by atoms with Gasteiger partial charge in [0.1, 0.15) is 11.2 Å². The minimum Gasteiger partial charge on any atom is -0.444 e. The lowest BCUT2D eigenvalue weighted by molar-refractivity contribution is 0.0148. The summed E-state index contributed by atoms with van der Waals surface area (Å²) in [4.78, 5) is 55.5. The van der Waals surface area contributed by atoms with Gasteiger partial charge in [0, 0.05) is 89.7 Å². The standard InChI is InChI=1S/C18H26N2O3.C13H18N2O.C9H18N2O2.2ClH/c1-14-5-7-15(8-6-14)16(21)13-19-9-11-20(12-10-19)17(22)23-18(2,3)4;1-11-2-4-12(5-3-11)13(16)10-15-8-6-14-7-9-15;1-9(2,3)13-8(12)11-6-4-10-5-7-11;;/h5-8H,9-13H2,1-4H3;2-5,14H,6-10H2,1H3;10H,4-7H2,1-3H3;2*1H. The van der Waals surface area contributed by atoms with E-state index < -0.39 is 5.60 Å². The van der Waals surface area contributed by atoms with Gasteiger partial charge in [-0.1, -0.05) is 59.7 Å². The van der Waals surface area contributed by atoms with E-state index in [1.165, 1.54) is 5.56 Å². The molecule has 3 aliphatic rings. The van der Waals surface area contributed by atoms with Crippen LogP contribution in [-0.4, -0.2) is 146 Å². The van der Waals surface area contributed by atoms with Crippen LogP contribution >= 0.6 is 24.8 Å². The van der Waals surface area contributed by atoms with Gasteiger partial charge in [-0.25, -0.2) is 9.59 Å². The molecule has 304 valence electrons. The number of hydrogen-bond acceptors (Lipinski definition) is 10. The Morgan fingerprint density at radius 1 is 0.519 bits per heavy atom. The third-order valence-electron chi connectivity index (χ3n) is 8.48. The topological polar surface area (TPSA) is 124 Å². The maximum Gasteiger partial charge on any atom is 0.410 e. The number of benzene rings is 2. The second-order valence-electron chi connectivity index (χ2n) is 15.6. The molecule has 3 aliphatic heterocycles. The second kappa shape index (κ2) is 23.6. The number of nitrogens with zero attached hydrogens (tertiary/aromatic N) is 4. The summed E-state index contributed by atoms with van der Waals surface area (Å²) in [6.07, 6.45) is -0.476. The van der Waals surface area contributed by atoms with Gasteiger partial charge in [-0.05, 0) is 55.4 Å². The minimum absolute atomic E-state index is 0. The van der Waals surface area contributed by atoms with E-state index in [4.69, 9.17) is 9.47 Å². The van der Waals surface area contributed by atoms with Crippen molar-refractivity contribution in [1.82, 2.24) is 30.2 Å². The summed E-state index contributed by atoms with van der Waals surface area (Å²) >= 11 is 0. The van der Waals surface area contributed by atoms with E-state index in [9.17, 15) is 19.2 Å². The Bertz CT molecular complexity index is 1430. The van der Waals surface area contributed by atoms with Crippen molar-refractivity contribution in [3.63, 3.8) is 0 Å². The summed E-state index contributed by atoms with van der Waals surface area (Å²) < 4.78 is 10.6. The average Bonchev–Trinajstić information content (AvgIpc) is 3.09. The molecule has 3 saturated heterocycles. The van der Waals surface area contributed by atoms with Crippen LogP contribution in [0, 0.1) is 13.8 Å². The zero-order valence-electron chi connectivity index (χ0n) is 33.6. The van der Waals surface area contributed by atoms with Gasteiger partial charge in [-0.15, -0.1) is 24.8 Å². The van der Waals surface area contributed by atoms with Crippen LogP contribution in [0.1, 0.15) is 73.4 Å². The molecule has 2 aromatic carbocycles. The number of halogens is 2. The number of ether oxygens (including phenoxy) is 2. The fraction of sp³-hybridized carbons (Fsp3) is 0.600. The van der Waals surface area contributed by atoms with Crippen LogP contribution in [-0.2, 0) is 9.47 Å². The van der Waals surface area contributed by atoms with Gasteiger partial charge in [0.25, 0.3) is 0 Å². The molecular weight excluding hydrogens is 731 g/mol. The van der Waals surface area contributed by atoms with Gasteiger partial charge >= 0.3 is 12.2 Å². The van der Waals surface area contributed by atoms with Crippen LogP contribution < -0.4 is 10.6 Å². The van der Waals surface area contributed by atoms with E-state index >= 15 is 0 Å². The highest BCUT2D eigenvalue weighted by Gasteiger charge is 2.27. The molecule has 3 heterocycles. The number of Topliss-reactive ketones (excluding diaryl/α,β-unsaturated/α-hetero) is 2. The summed E-state index contributed by atoms with van der Waals surface area (Å²) in [7, 11) is 0. The van der Waals surface area contributed by atoms with Crippen molar-refractivity contribution in [3.05, 3.63) is 70.8 Å². The Morgan fingerprint density at radius 3 is 1.19 bits per heavy atom. The number of carbonyl (C=O) groups excluding carboxylic acids is 4. The monoisotopic (exact) mass is 794 g/mol. The quantitative estimate of drug-likeness (QED) is 0.364. The minimum atomic E-state index is -0.477. The van der Waals surface area contributed by atoms with Gasteiger partial charge < -0.3 is 29.9 Å². The molecule has 5 rings (SSSR count). The van der Waals surface area contributed by atoms with Gasteiger partial charge in [-0.2, -0.15) is 0 Å². The zero-order valence-corrected chi connectivity index (χ0v) is 35.2. The summed E-state index contributed by atoms with van der Waals surface area (Å²) in [6.45, 7) is 25.9. The molecule has 0 saturated carbocycles. The Balaban J connectivity index is 0.000000415. The number of hydrogen-bond donors (Lipinski definition) is 2. The van der Waals surface area contributed by atoms with Crippen molar-refractivity contribution in [2.24, 2.45) is 0 Å². The van der Waals surface area contributed by atoms with Crippen LogP contribution in [0.25, 0.3) is 0 Å². The van der Waals surface area contributed by atoms with Crippen molar-refractivity contribution < 1.29 is 28.7 Å². The van der Waals surface area contributed by atoms with Crippen LogP contribution in [0.3, 0.4) is 0 Å². The molecule has 0 aromatic heterocycles. The first-order valence-electron chi connectivity index (χ1n) is 18.5. The molecule has 2 amide bonds. The fourth-order valence-electron chi connectivity index (χ4n) is 5.53. The second-order valence-corrected chi connectivity index (χ2v) is 15.6. The first kappa shape index (κ1) is 48.8. The van der Waals surface area contributed by atoms with Gasteiger partial charge in [0.15, 0.2) is 11.6 Å². The lowest BCUT2D eigenvalue weighted by atomic mass is 10.1. The van der Waals surface area contributed by atoms with Crippen molar-refractivity contribution in [2.75, 3.05) is 91.6 Å². The lowest BCUT2D eigenvalue weighted by Gasteiger charge is -2.35. The highest BCUT2D eigenvalue weighted by Crippen LogP contribution is 2.13. The number of nitrogens with one attached hydrogen (secondary N) is 2. The number of rotatable bonds is 6. The van der Waals surface area contributed by atoms with Crippen molar-refractivity contribution >= 4 is 48.6 Å². The van der Waals surface area contributed by atoms with E-state index in [2.05, 4.69) is 20.4 Å². The summed E-state index contributed by atoms with van der Waals surface area (Å²) in [5.74, 6) is 0.345. The molecular formula is C40H64Cl2N6O6. The van der Waals surface area contributed by atoms with Crippen molar-refractivity contribution in [2.45, 2.75) is 66.6 Å². The molecule has 0 atom stereocenters. The van der Waals surface area contributed by atoms with Crippen LogP contribution in [0.15, 0.2) is 48.5 Å². The molecule has 2 N–H and O–H groups in total. The summed E-state index contributed by atoms with van der Waals surface area (Å²) in [5, 5.41) is 6.47. The molecule has 0 aliphatic carbocycles. The number of aryl methyl sites for hydroxylation is 2. The summed E-state index contributed by atoms with van der Waals surface area (Å²) in [5.41, 5.74) is 3.04. The molecule has 0 radical (unpaired) electrons. The van der Waals surface area contributed by atoms with Gasteiger partial charge in [0.05, 0.1) is 13.1 Å². The molecule has 2 aromatic rings. The van der Waals surface area contributed by atoms with E-state index in [1.807, 2.05) is 104 Å². The van der Waals surface area contributed by atoms with E-state index in [-0.39, 0.29) is 54.2 Å². The van der Waals surface area contributed by atoms with Crippen molar-refractivity contribution in [3.8, 4) is 0 Å². The fourth-order valence-corrected chi connectivity index (χ4v) is 5.53.